The minimum atomic E-state index is -3.58. The molecule has 1 aromatic carbocycles. The quantitative estimate of drug-likeness (QED) is 0.567. The summed E-state index contributed by atoms with van der Waals surface area (Å²) in [5.74, 6) is 0.0631. The first-order chi connectivity index (χ1) is 15.9. The average molecular weight is 484 g/mol. The molecule has 1 amide bonds. The maximum absolute atomic E-state index is 13.4. The van der Waals surface area contributed by atoms with Crippen LogP contribution in [-0.4, -0.2) is 66.4 Å². The van der Waals surface area contributed by atoms with Crippen molar-refractivity contribution in [1.29, 1.82) is 0 Å². The van der Waals surface area contributed by atoms with Gasteiger partial charge >= 0.3 is 0 Å². The molecule has 6 rings (SSSR count). The van der Waals surface area contributed by atoms with Crippen molar-refractivity contribution >= 4 is 38.2 Å². The molecule has 3 aromatic rings. The van der Waals surface area contributed by atoms with E-state index in [1.807, 2.05) is 41.3 Å². The summed E-state index contributed by atoms with van der Waals surface area (Å²) in [7, 11) is -3.58. The molecular formula is C24H25N3O4S2. The fourth-order valence-electron chi connectivity index (χ4n) is 4.86. The number of carbonyl (C=O) groups excluding carboxylic acids is 1. The Hall–Kier alpha value is -2.33. The Kier molecular flexibility index (Phi) is 5.06. The molecule has 33 heavy (non-hydrogen) atoms. The summed E-state index contributed by atoms with van der Waals surface area (Å²) in [6, 6.07) is 13.9. The van der Waals surface area contributed by atoms with Crippen molar-refractivity contribution in [1.82, 2.24) is 14.2 Å². The lowest BCUT2D eigenvalue weighted by atomic mass is 9.90. The normalized spacial score (nSPS) is 21.7. The van der Waals surface area contributed by atoms with Gasteiger partial charge in [-0.15, -0.1) is 11.3 Å². The number of pyridine rings is 1. The Bertz CT molecular complexity index is 1320. The van der Waals surface area contributed by atoms with Crippen LogP contribution in [0, 0.1) is 0 Å². The number of sulfonamides is 1. The molecule has 0 unspecified atom stereocenters. The van der Waals surface area contributed by atoms with Crippen molar-refractivity contribution in [2.75, 3.05) is 26.2 Å². The van der Waals surface area contributed by atoms with Gasteiger partial charge in [0.25, 0.3) is 10.0 Å². The third-order valence-electron chi connectivity index (χ3n) is 6.97. The Morgan fingerprint density at radius 1 is 1.09 bits per heavy atom. The number of hydrogen-bond acceptors (Lipinski definition) is 6. The van der Waals surface area contributed by atoms with Crippen LogP contribution in [0.1, 0.15) is 25.7 Å². The van der Waals surface area contributed by atoms with Gasteiger partial charge in [-0.1, -0.05) is 18.2 Å². The number of piperidine rings is 1. The predicted molar refractivity (Wildman–Crippen MR) is 126 cm³/mol. The maximum atomic E-state index is 13.4. The van der Waals surface area contributed by atoms with Gasteiger partial charge in [-0.25, -0.2) is 8.42 Å². The summed E-state index contributed by atoms with van der Waals surface area (Å²) >= 11 is 1.29. The van der Waals surface area contributed by atoms with Crippen molar-refractivity contribution in [3.63, 3.8) is 0 Å². The second kappa shape index (κ2) is 7.87. The average Bonchev–Trinajstić information content (AvgIpc) is 3.55. The SMILES string of the molecule is O=C1COC2(CCN(S(=O)(=O)c3ccc(-c4ccc5cccnc5c4)s3)CC2)CN1C1CC1. The van der Waals surface area contributed by atoms with E-state index in [9.17, 15) is 13.2 Å². The zero-order chi connectivity index (χ0) is 22.6. The summed E-state index contributed by atoms with van der Waals surface area (Å²) in [4.78, 5) is 19.5. The van der Waals surface area contributed by atoms with E-state index < -0.39 is 15.6 Å². The highest BCUT2D eigenvalue weighted by Gasteiger charge is 2.47. The molecule has 3 fully saturated rings. The second-order valence-corrected chi connectivity index (χ2v) is 12.4. The maximum Gasteiger partial charge on any atom is 0.252 e. The van der Waals surface area contributed by atoms with Gasteiger partial charge in [-0.3, -0.25) is 9.78 Å². The minimum absolute atomic E-state index is 0.0631. The van der Waals surface area contributed by atoms with Gasteiger partial charge in [-0.2, -0.15) is 4.31 Å². The molecule has 2 aliphatic heterocycles. The van der Waals surface area contributed by atoms with Crippen LogP contribution in [-0.2, 0) is 19.6 Å². The minimum Gasteiger partial charge on any atom is -0.363 e. The van der Waals surface area contributed by atoms with Gasteiger partial charge in [0, 0.05) is 35.6 Å². The number of nitrogens with zero attached hydrogens (tertiary/aromatic N) is 3. The van der Waals surface area contributed by atoms with Crippen LogP contribution in [0.4, 0.5) is 0 Å². The molecule has 0 bridgehead atoms. The number of hydrogen-bond donors (Lipinski definition) is 0. The molecule has 0 atom stereocenters. The van der Waals surface area contributed by atoms with Crippen LogP contribution in [0.5, 0.6) is 0 Å². The third-order valence-corrected chi connectivity index (χ3v) is 10.5. The number of carbonyl (C=O) groups is 1. The Labute approximate surface area is 197 Å². The van der Waals surface area contributed by atoms with E-state index in [2.05, 4.69) is 4.98 Å². The summed E-state index contributed by atoms with van der Waals surface area (Å²) in [5.41, 5.74) is 1.44. The van der Waals surface area contributed by atoms with Crippen molar-refractivity contribution in [2.45, 2.75) is 41.5 Å². The lowest BCUT2D eigenvalue weighted by Crippen LogP contribution is -2.59. The summed E-state index contributed by atoms with van der Waals surface area (Å²) < 4.78 is 34.6. The highest BCUT2D eigenvalue weighted by Crippen LogP contribution is 2.39. The molecule has 1 spiro atoms. The molecule has 3 aliphatic rings. The van der Waals surface area contributed by atoms with Gasteiger partial charge in [0.1, 0.15) is 10.8 Å². The van der Waals surface area contributed by atoms with E-state index in [0.717, 1.165) is 34.2 Å². The molecule has 9 heteroatoms. The smallest absolute Gasteiger partial charge is 0.252 e. The van der Waals surface area contributed by atoms with Crippen LogP contribution in [0.25, 0.3) is 21.3 Å². The zero-order valence-electron chi connectivity index (χ0n) is 18.1. The first kappa shape index (κ1) is 21.2. The van der Waals surface area contributed by atoms with Gasteiger partial charge in [0.05, 0.1) is 17.7 Å². The second-order valence-electron chi connectivity index (χ2n) is 9.16. The van der Waals surface area contributed by atoms with Gasteiger partial charge in [0.15, 0.2) is 0 Å². The fourth-order valence-corrected chi connectivity index (χ4v) is 7.76. The first-order valence-corrected chi connectivity index (χ1v) is 13.6. The van der Waals surface area contributed by atoms with Crippen LogP contribution in [0.3, 0.4) is 0 Å². The molecule has 172 valence electrons. The highest BCUT2D eigenvalue weighted by molar-refractivity contribution is 7.91. The lowest BCUT2D eigenvalue weighted by Gasteiger charge is -2.46. The number of benzene rings is 1. The van der Waals surface area contributed by atoms with Crippen molar-refractivity contribution in [3.8, 4) is 10.4 Å². The molecule has 7 nitrogen and oxygen atoms in total. The van der Waals surface area contributed by atoms with Crippen LogP contribution in [0.2, 0.25) is 0 Å². The molecule has 2 aromatic heterocycles. The van der Waals surface area contributed by atoms with Crippen LogP contribution >= 0.6 is 11.3 Å². The van der Waals surface area contributed by atoms with Gasteiger partial charge in [0.2, 0.25) is 5.91 Å². The molecule has 1 saturated carbocycles. The summed E-state index contributed by atoms with van der Waals surface area (Å²) in [5, 5.41) is 1.06. The topological polar surface area (TPSA) is 79.8 Å². The van der Waals surface area contributed by atoms with Crippen molar-refractivity contribution in [2.24, 2.45) is 0 Å². The van der Waals surface area contributed by atoms with E-state index in [0.29, 0.717) is 42.7 Å². The summed E-state index contributed by atoms with van der Waals surface area (Å²) in [6.45, 7) is 1.51. The number of aromatic nitrogens is 1. The fraction of sp³-hybridized carbons (Fsp3) is 0.417. The number of ether oxygens (including phenoxy) is 1. The third kappa shape index (κ3) is 3.86. The molecule has 0 radical (unpaired) electrons. The van der Waals surface area contributed by atoms with Crippen molar-refractivity contribution < 1.29 is 17.9 Å². The molecular weight excluding hydrogens is 458 g/mol. The van der Waals surface area contributed by atoms with E-state index >= 15 is 0 Å². The number of fused-ring (bicyclic) bond motifs is 1. The Morgan fingerprint density at radius 2 is 1.91 bits per heavy atom. The molecule has 4 heterocycles. The largest absolute Gasteiger partial charge is 0.363 e. The molecule has 0 N–H and O–H groups in total. The first-order valence-electron chi connectivity index (χ1n) is 11.3. The van der Waals surface area contributed by atoms with E-state index in [1.165, 1.54) is 11.3 Å². The highest BCUT2D eigenvalue weighted by atomic mass is 32.2. The van der Waals surface area contributed by atoms with E-state index in [4.69, 9.17) is 4.74 Å². The number of thiophene rings is 1. The number of rotatable bonds is 4. The predicted octanol–water partition coefficient (Wildman–Crippen LogP) is 3.51. The van der Waals surface area contributed by atoms with Crippen LogP contribution < -0.4 is 0 Å². The monoisotopic (exact) mass is 483 g/mol. The van der Waals surface area contributed by atoms with Gasteiger partial charge < -0.3 is 9.64 Å². The van der Waals surface area contributed by atoms with Crippen molar-refractivity contribution in [3.05, 3.63) is 48.7 Å². The van der Waals surface area contributed by atoms with E-state index in [-0.39, 0.29) is 12.5 Å². The van der Waals surface area contributed by atoms with Gasteiger partial charge in [-0.05, 0) is 55.5 Å². The number of amides is 1. The molecule has 1 aliphatic carbocycles. The standard InChI is InChI=1S/C24H25N3O4S2/c28-22-15-31-24(16-27(22)19-5-6-19)9-12-26(13-10-24)33(29,30)23-8-7-21(32-23)18-4-3-17-2-1-11-25-20(17)14-18/h1-4,7-8,11,14,19H,5-6,9-10,12-13,15-16H2. The lowest BCUT2D eigenvalue weighted by molar-refractivity contribution is -0.170. The van der Waals surface area contributed by atoms with Crippen LogP contribution in [0.15, 0.2) is 52.9 Å². The Morgan fingerprint density at radius 3 is 2.70 bits per heavy atom. The number of morpholine rings is 1. The summed E-state index contributed by atoms with van der Waals surface area (Å²) in [6.07, 6.45) is 5.11. The zero-order valence-corrected chi connectivity index (χ0v) is 19.8. The Balaban J connectivity index is 1.18. The molecule has 2 saturated heterocycles. The van der Waals surface area contributed by atoms with E-state index in [1.54, 1.807) is 16.6 Å².